The first kappa shape index (κ1) is 16.5. The van der Waals surface area contributed by atoms with E-state index < -0.39 is 0 Å². The number of hydrogen-bond acceptors (Lipinski definition) is 5. The number of aromatic nitrogens is 4. The zero-order valence-electron chi connectivity index (χ0n) is 14.2. The van der Waals surface area contributed by atoms with Crippen molar-refractivity contribution in [1.29, 1.82) is 0 Å². The Labute approximate surface area is 154 Å². The van der Waals surface area contributed by atoms with Crippen molar-refractivity contribution in [3.05, 3.63) is 52.6 Å². The zero-order chi connectivity index (χ0) is 18.3. The van der Waals surface area contributed by atoms with Gasteiger partial charge in [0.15, 0.2) is 11.5 Å². The molecule has 3 aromatic rings. The number of fused-ring (bicyclic) bond motifs is 1. The summed E-state index contributed by atoms with van der Waals surface area (Å²) >= 11 is 6.16. The van der Waals surface area contributed by atoms with Gasteiger partial charge >= 0.3 is 0 Å². The van der Waals surface area contributed by atoms with Crippen LogP contribution in [0, 0.1) is 13.8 Å². The van der Waals surface area contributed by atoms with Gasteiger partial charge < -0.3 is 14.8 Å². The van der Waals surface area contributed by atoms with Gasteiger partial charge in [-0.3, -0.25) is 4.79 Å². The largest absolute Gasteiger partial charge is 0.454 e. The summed E-state index contributed by atoms with van der Waals surface area (Å²) in [4.78, 5) is 12.4. The Bertz CT molecular complexity index is 994. The number of anilines is 1. The first-order valence-corrected chi connectivity index (χ1v) is 8.32. The summed E-state index contributed by atoms with van der Waals surface area (Å²) in [7, 11) is 0. The van der Waals surface area contributed by atoms with E-state index >= 15 is 0 Å². The monoisotopic (exact) mass is 373 g/mol. The standard InChI is InChI=1S/C17H16ClN5O3/c1-10-16(18)11(2)23(21-10)8-22-7-13(6-19-22)20-17(24)12-3-4-14-15(5-12)26-9-25-14/h3-7H,8-9H2,1-2H3,(H,20,24). The Balaban J connectivity index is 1.46. The number of rotatable bonds is 4. The van der Waals surface area contributed by atoms with Crippen molar-refractivity contribution in [3.63, 3.8) is 0 Å². The summed E-state index contributed by atoms with van der Waals surface area (Å²) in [6, 6.07) is 5.05. The SMILES string of the molecule is Cc1nn(Cn2cc(NC(=O)c3ccc4c(c3)OCO4)cn2)c(C)c1Cl. The van der Waals surface area contributed by atoms with Crippen molar-refractivity contribution in [3.8, 4) is 11.5 Å². The second-order valence-corrected chi connectivity index (χ2v) is 6.29. The summed E-state index contributed by atoms with van der Waals surface area (Å²) in [5.74, 6) is 0.949. The van der Waals surface area contributed by atoms with E-state index in [4.69, 9.17) is 21.1 Å². The number of carbonyl (C=O) groups is 1. The highest BCUT2D eigenvalue weighted by atomic mass is 35.5. The molecule has 9 heteroatoms. The van der Waals surface area contributed by atoms with Gasteiger partial charge in [0.2, 0.25) is 6.79 Å². The number of nitrogens with zero attached hydrogens (tertiary/aromatic N) is 4. The maximum absolute atomic E-state index is 12.4. The Hall–Kier alpha value is -3.00. The Kier molecular flexibility index (Phi) is 4.04. The van der Waals surface area contributed by atoms with Crippen LogP contribution in [-0.2, 0) is 6.67 Å². The van der Waals surface area contributed by atoms with Crippen molar-refractivity contribution < 1.29 is 14.3 Å². The summed E-state index contributed by atoms with van der Waals surface area (Å²) in [5.41, 5.74) is 2.70. The van der Waals surface area contributed by atoms with Gasteiger partial charge in [0.05, 0.1) is 34.5 Å². The van der Waals surface area contributed by atoms with Crippen LogP contribution < -0.4 is 14.8 Å². The Morgan fingerprint density at radius 3 is 2.88 bits per heavy atom. The van der Waals surface area contributed by atoms with Gasteiger partial charge in [-0.15, -0.1) is 0 Å². The molecule has 0 fully saturated rings. The second kappa shape index (κ2) is 6.38. The fraction of sp³-hybridized carbons (Fsp3) is 0.235. The minimum absolute atomic E-state index is 0.170. The van der Waals surface area contributed by atoms with Crippen LogP contribution in [0.5, 0.6) is 11.5 Å². The van der Waals surface area contributed by atoms with Crippen LogP contribution in [0.25, 0.3) is 0 Å². The van der Waals surface area contributed by atoms with Crippen LogP contribution in [-0.4, -0.2) is 32.3 Å². The number of benzene rings is 1. The van der Waals surface area contributed by atoms with Crippen molar-refractivity contribution in [2.24, 2.45) is 0 Å². The number of halogens is 1. The smallest absolute Gasteiger partial charge is 0.255 e. The Morgan fingerprint density at radius 1 is 1.31 bits per heavy atom. The van der Waals surface area contributed by atoms with Crippen LogP contribution in [0.2, 0.25) is 5.02 Å². The third kappa shape index (κ3) is 2.99. The van der Waals surface area contributed by atoms with Crippen LogP contribution >= 0.6 is 11.6 Å². The molecular weight excluding hydrogens is 358 g/mol. The Morgan fingerprint density at radius 2 is 2.12 bits per heavy atom. The first-order valence-electron chi connectivity index (χ1n) is 7.94. The summed E-state index contributed by atoms with van der Waals surface area (Å²) in [5, 5.41) is 12.1. The lowest BCUT2D eigenvalue weighted by Crippen LogP contribution is -2.12. The van der Waals surface area contributed by atoms with E-state index in [1.165, 1.54) is 0 Å². The van der Waals surface area contributed by atoms with E-state index in [1.54, 1.807) is 40.0 Å². The summed E-state index contributed by atoms with van der Waals surface area (Å²) < 4.78 is 14.0. The first-order chi connectivity index (χ1) is 12.5. The minimum Gasteiger partial charge on any atom is -0.454 e. The van der Waals surface area contributed by atoms with Gasteiger partial charge in [0.1, 0.15) is 6.67 Å². The molecule has 8 nitrogen and oxygen atoms in total. The van der Waals surface area contributed by atoms with Crippen LogP contribution in [0.4, 0.5) is 5.69 Å². The molecule has 1 aliphatic heterocycles. The van der Waals surface area contributed by atoms with Gasteiger partial charge in [0.25, 0.3) is 5.91 Å². The number of ether oxygens (including phenoxy) is 2. The predicted octanol–water partition coefficient (Wildman–Crippen LogP) is 2.84. The predicted molar refractivity (Wildman–Crippen MR) is 94.9 cm³/mol. The molecule has 1 aromatic carbocycles. The number of hydrogen-bond donors (Lipinski definition) is 1. The molecule has 0 unspecified atom stereocenters. The van der Waals surface area contributed by atoms with E-state index in [1.807, 2.05) is 13.8 Å². The van der Waals surface area contributed by atoms with Gasteiger partial charge in [-0.05, 0) is 32.0 Å². The van der Waals surface area contributed by atoms with E-state index in [0.29, 0.717) is 34.4 Å². The van der Waals surface area contributed by atoms with Crippen LogP contribution in [0.3, 0.4) is 0 Å². The highest BCUT2D eigenvalue weighted by Crippen LogP contribution is 2.32. The molecule has 0 spiro atoms. The van der Waals surface area contributed by atoms with E-state index in [2.05, 4.69) is 15.5 Å². The lowest BCUT2D eigenvalue weighted by atomic mass is 10.2. The van der Waals surface area contributed by atoms with E-state index in [0.717, 1.165) is 11.4 Å². The van der Waals surface area contributed by atoms with Gasteiger partial charge in [-0.1, -0.05) is 11.6 Å². The lowest BCUT2D eigenvalue weighted by Gasteiger charge is -2.05. The molecule has 134 valence electrons. The zero-order valence-corrected chi connectivity index (χ0v) is 14.9. The molecule has 3 heterocycles. The third-order valence-corrected chi connectivity index (χ3v) is 4.64. The lowest BCUT2D eigenvalue weighted by molar-refractivity contribution is 0.102. The summed E-state index contributed by atoms with van der Waals surface area (Å²) in [6.45, 7) is 4.32. The molecule has 4 rings (SSSR count). The number of aryl methyl sites for hydroxylation is 1. The quantitative estimate of drug-likeness (QED) is 0.760. The van der Waals surface area contributed by atoms with Gasteiger partial charge in [-0.25, -0.2) is 9.36 Å². The van der Waals surface area contributed by atoms with E-state index in [9.17, 15) is 4.79 Å². The number of amides is 1. The molecule has 1 amide bonds. The molecule has 0 atom stereocenters. The molecule has 1 N–H and O–H groups in total. The number of nitrogens with one attached hydrogen (secondary N) is 1. The molecular formula is C17H16ClN5O3. The average molecular weight is 374 g/mol. The molecule has 0 bridgehead atoms. The molecule has 0 saturated heterocycles. The van der Waals surface area contributed by atoms with Crippen molar-refractivity contribution in [2.45, 2.75) is 20.5 Å². The highest BCUT2D eigenvalue weighted by Gasteiger charge is 2.17. The van der Waals surface area contributed by atoms with Crippen molar-refractivity contribution >= 4 is 23.2 Å². The molecule has 1 aliphatic rings. The molecule has 0 saturated carbocycles. The maximum atomic E-state index is 12.4. The van der Waals surface area contributed by atoms with Crippen molar-refractivity contribution in [1.82, 2.24) is 19.6 Å². The summed E-state index contributed by atoms with van der Waals surface area (Å²) in [6.07, 6.45) is 3.31. The van der Waals surface area contributed by atoms with Crippen molar-refractivity contribution in [2.75, 3.05) is 12.1 Å². The van der Waals surface area contributed by atoms with Crippen LogP contribution in [0.15, 0.2) is 30.6 Å². The average Bonchev–Trinajstić information content (AvgIpc) is 3.32. The fourth-order valence-corrected chi connectivity index (χ4v) is 2.83. The van der Waals surface area contributed by atoms with E-state index in [-0.39, 0.29) is 12.7 Å². The maximum Gasteiger partial charge on any atom is 0.255 e. The molecule has 0 radical (unpaired) electrons. The highest BCUT2D eigenvalue weighted by molar-refractivity contribution is 6.31. The minimum atomic E-state index is -0.253. The van der Waals surface area contributed by atoms with Gasteiger partial charge in [0, 0.05) is 5.56 Å². The number of carbonyl (C=O) groups excluding carboxylic acids is 1. The third-order valence-electron chi connectivity index (χ3n) is 4.10. The topological polar surface area (TPSA) is 83.2 Å². The van der Waals surface area contributed by atoms with Gasteiger partial charge in [-0.2, -0.15) is 10.2 Å². The molecule has 2 aromatic heterocycles. The molecule has 26 heavy (non-hydrogen) atoms. The van der Waals surface area contributed by atoms with Crippen LogP contribution in [0.1, 0.15) is 21.7 Å². The molecule has 0 aliphatic carbocycles. The fourth-order valence-electron chi connectivity index (χ4n) is 2.70. The second-order valence-electron chi connectivity index (χ2n) is 5.92. The normalized spacial score (nSPS) is 12.4.